The van der Waals surface area contributed by atoms with Gasteiger partial charge in [0.1, 0.15) is 0 Å². The number of hydrogen-bond donors (Lipinski definition) is 0. The highest BCUT2D eigenvalue weighted by Gasteiger charge is 2.17. The summed E-state index contributed by atoms with van der Waals surface area (Å²) in [6.45, 7) is 1.82. The smallest absolute Gasteiger partial charge is 0.367 e. The second kappa shape index (κ2) is 8.13. The Hall–Kier alpha value is -2.42. The van der Waals surface area contributed by atoms with Crippen LogP contribution >= 0.6 is 0 Å². The molecule has 0 atom stereocenters. The Balaban J connectivity index is 2.26. The molecular weight excluding hydrogens is 279 g/mol. The molecule has 0 radical (unpaired) electrons. The number of hydrogen-bond acceptors (Lipinski definition) is 2. The lowest BCUT2D eigenvalue weighted by atomic mass is 9.97. The van der Waals surface area contributed by atoms with Crippen LogP contribution in [-0.4, -0.2) is 12.6 Å². The van der Waals surface area contributed by atoms with Crippen LogP contribution in [0.25, 0.3) is 5.57 Å². The van der Waals surface area contributed by atoms with Crippen LogP contribution in [-0.2, 0) is 16.0 Å². The van der Waals surface area contributed by atoms with Crippen molar-refractivity contribution in [1.82, 2.24) is 0 Å². The SMILES string of the molecule is CCOC(=O)/C(F)=C(/CCc1ccccc1)c1ccccc1. The molecule has 114 valence electrons. The molecule has 0 aliphatic rings. The zero-order valence-electron chi connectivity index (χ0n) is 12.6. The van der Waals surface area contributed by atoms with Crippen molar-refractivity contribution in [1.29, 1.82) is 0 Å². The second-order valence-electron chi connectivity index (χ2n) is 4.86. The first-order valence-electron chi connectivity index (χ1n) is 7.37. The van der Waals surface area contributed by atoms with Crippen molar-refractivity contribution in [2.75, 3.05) is 6.61 Å². The zero-order chi connectivity index (χ0) is 15.8. The van der Waals surface area contributed by atoms with E-state index in [0.717, 1.165) is 5.56 Å². The van der Waals surface area contributed by atoms with Crippen LogP contribution in [0.2, 0.25) is 0 Å². The van der Waals surface area contributed by atoms with Crippen LogP contribution in [0.4, 0.5) is 4.39 Å². The van der Waals surface area contributed by atoms with E-state index in [9.17, 15) is 9.18 Å². The minimum Gasteiger partial charge on any atom is -0.461 e. The summed E-state index contributed by atoms with van der Waals surface area (Å²) in [5, 5.41) is 0. The predicted octanol–water partition coefficient (Wildman–Crippen LogP) is 4.56. The zero-order valence-corrected chi connectivity index (χ0v) is 12.6. The molecule has 0 aromatic heterocycles. The van der Waals surface area contributed by atoms with Crippen molar-refractivity contribution < 1.29 is 13.9 Å². The van der Waals surface area contributed by atoms with Crippen LogP contribution in [0.1, 0.15) is 24.5 Å². The van der Waals surface area contributed by atoms with Crippen molar-refractivity contribution in [2.24, 2.45) is 0 Å². The predicted molar refractivity (Wildman–Crippen MR) is 85.9 cm³/mol. The molecule has 2 aromatic carbocycles. The molecule has 0 heterocycles. The molecular formula is C19H19FO2. The summed E-state index contributed by atoms with van der Waals surface area (Å²) in [6, 6.07) is 18.9. The molecule has 0 spiro atoms. The van der Waals surface area contributed by atoms with Crippen LogP contribution in [0.5, 0.6) is 0 Å². The number of allylic oxidation sites excluding steroid dienone is 1. The van der Waals surface area contributed by atoms with Gasteiger partial charge in [0.2, 0.25) is 5.83 Å². The molecule has 0 saturated carbocycles. The Labute approximate surface area is 130 Å². The quantitative estimate of drug-likeness (QED) is 0.577. The summed E-state index contributed by atoms with van der Waals surface area (Å²) < 4.78 is 19.2. The van der Waals surface area contributed by atoms with Gasteiger partial charge in [-0.25, -0.2) is 4.79 Å². The number of carbonyl (C=O) groups is 1. The normalized spacial score (nSPS) is 11.7. The van der Waals surface area contributed by atoms with Gasteiger partial charge in [0.25, 0.3) is 0 Å². The third-order valence-corrected chi connectivity index (χ3v) is 3.35. The van der Waals surface area contributed by atoms with E-state index in [1.54, 1.807) is 19.1 Å². The van der Waals surface area contributed by atoms with Crippen molar-refractivity contribution >= 4 is 11.5 Å². The Morgan fingerprint density at radius 3 is 2.18 bits per heavy atom. The Morgan fingerprint density at radius 1 is 1.00 bits per heavy atom. The maximum Gasteiger partial charge on any atom is 0.367 e. The fourth-order valence-electron chi connectivity index (χ4n) is 2.25. The Bertz CT molecular complexity index is 633. The van der Waals surface area contributed by atoms with Crippen molar-refractivity contribution in [3.63, 3.8) is 0 Å². The Kier molecular flexibility index (Phi) is 5.90. The summed E-state index contributed by atoms with van der Waals surface area (Å²) in [6.07, 6.45) is 1.11. The fourth-order valence-corrected chi connectivity index (χ4v) is 2.25. The summed E-state index contributed by atoms with van der Waals surface area (Å²) in [5.74, 6) is -1.70. The van der Waals surface area contributed by atoms with E-state index in [1.165, 1.54) is 0 Å². The highest BCUT2D eigenvalue weighted by molar-refractivity contribution is 5.95. The number of ether oxygens (including phenoxy) is 1. The first kappa shape index (κ1) is 16.0. The van der Waals surface area contributed by atoms with Crippen LogP contribution in [0.15, 0.2) is 66.5 Å². The van der Waals surface area contributed by atoms with Crippen molar-refractivity contribution in [3.8, 4) is 0 Å². The van der Waals surface area contributed by atoms with Gasteiger partial charge >= 0.3 is 5.97 Å². The second-order valence-corrected chi connectivity index (χ2v) is 4.86. The third-order valence-electron chi connectivity index (χ3n) is 3.35. The van der Waals surface area contributed by atoms with Gasteiger partial charge in [0.15, 0.2) is 0 Å². The maximum atomic E-state index is 14.4. The van der Waals surface area contributed by atoms with Crippen molar-refractivity contribution in [2.45, 2.75) is 19.8 Å². The molecule has 2 rings (SSSR count). The minimum absolute atomic E-state index is 0.160. The number of esters is 1. The van der Waals surface area contributed by atoms with E-state index in [4.69, 9.17) is 4.74 Å². The summed E-state index contributed by atoms with van der Waals surface area (Å²) in [5.41, 5.74) is 2.21. The molecule has 0 bridgehead atoms. The highest BCUT2D eigenvalue weighted by atomic mass is 19.1. The minimum atomic E-state index is -0.894. The van der Waals surface area contributed by atoms with E-state index < -0.39 is 11.8 Å². The van der Waals surface area contributed by atoms with Gasteiger partial charge in [-0.1, -0.05) is 60.7 Å². The monoisotopic (exact) mass is 298 g/mol. The third kappa shape index (κ3) is 4.29. The topological polar surface area (TPSA) is 26.3 Å². The molecule has 0 amide bonds. The lowest BCUT2D eigenvalue weighted by Crippen LogP contribution is -2.07. The molecule has 0 aliphatic carbocycles. The van der Waals surface area contributed by atoms with E-state index in [0.29, 0.717) is 24.0 Å². The van der Waals surface area contributed by atoms with Gasteiger partial charge in [0, 0.05) is 5.57 Å². The highest BCUT2D eigenvalue weighted by Crippen LogP contribution is 2.26. The first-order chi connectivity index (χ1) is 10.7. The lowest BCUT2D eigenvalue weighted by Gasteiger charge is -2.10. The molecule has 3 heteroatoms. The summed E-state index contributed by atoms with van der Waals surface area (Å²) >= 11 is 0. The van der Waals surface area contributed by atoms with E-state index in [-0.39, 0.29) is 6.61 Å². The van der Waals surface area contributed by atoms with Gasteiger partial charge in [0.05, 0.1) is 6.61 Å². The fraction of sp³-hybridized carbons (Fsp3) is 0.211. The van der Waals surface area contributed by atoms with Crippen LogP contribution in [0.3, 0.4) is 0 Å². The molecule has 2 aromatic rings. The standard InChI is InChI=1S/C19H19FO2/c1-2-22-19(21)18(20)17(16-11-7-4-8-12-16)14-13-15-9-5-3-6-10-15/h3-12H,2,13-14H2,1H3/b18-17+. The number of rotatable bonds is 6. The molecule has 0 N–H and O–H groups in total. The number of halogens is 1. The summed E-state index contributed by atoms with van der Waals surface area (Å²) in [7, 11) is 0. The molecule has 2 nitrogen and oxygen atoms in total. The largest absolute Gasteiger partial charge is 0.461 e. The average Bonchev–Trinajstić information content (AvgIpc) is 2.57. The molecule has 0 fully saturated rings. The van der Waals surface area contributed by atoms with Gasteiger partial charge in [-0.15, -0.1) is 0 Å². The van der Waals surface area contributed by atoms with Crippen LogP contribution < -0.4 is 0 Å². The molecule has 0 saturated heterocycles. The number of aryl methyl sites for hydroxylation is 1. The summed E-state index contributed by atoms with van der Waals surface area (Å²) in [4.78, 5) is 11.7. The first-order valence-corrected chi connectivity index (χ1v) is 7.37. The Morgan fingerprint density at radius 2 is 1.59 bits per heavy atom. The van der Waals surface area contributed by atoms with Gasteiger partial charge in [-0.2, -0.15) is 4.39 Å². The van der Waals surface area contributed by atoms with Crippen molar-refractivity contribution in [3.05, 3.63) is 77.6 Å². The molecule has 0 unspecified atom stereocenters. The average molecular weight is 298 g/mol. The van der Waals surface area contributed by atoms with Crippen LogP contribution in [0, 0.1) is 0 Å². The van der Waals surface area contributed by atoms with Gasteiger partial charge < -0.3 is 4.74 Å². The van der Waals surface area contributed by atoms with E-state index in [1.807, 2.05) is 48.5 Å². The lowest BCUT2D eigenvalue weighted by molar-refractivity contribution is -0.140. The number of benzene rings is 2. The molecule has 22 heavy (non-hydrogen) atoms. The van der Waals surface area contributed by atoms with E-state index >= 15 is 0 Å². The van der Waals surface area contributed by atoms with Gasteiger partial charge in [-0.3, -0.25) is 0 Å². The number of carbonyl (C=O) groups excluding carboxylic acids is 1. The van der Waals surface area contributed by atoms with Gasteiger partial charge in [-0.05, 0) is 30.9 Å². The maximum absolute atomic E-state index is 14.4. The van der Waals surface area contributed by atoms with E-state index in [2.05, 4.69) is 0 Å². The molecule has 0 aliphatic heterocycles.